The Morgan fingerprint density at radius 3 is 2.71 bits per heavy atom. The molecule has 0 N–H and O–H groups in total. The van der Waals surface area contributed by atoms with Gasteiger partial charge in [-0.3, -0.25) is 9.69 Å². The van der Waals surface area contributed by atoms with E-state index in [0.29, 0.717) is 24.3 Å². The topological polar surface area (TPSA) is 20.3 Å². The lowest BCUT2D eigenvalue weighted by Crippen LogP contribution is -2.40. The molecular formula is C14H16BrNO. The first-order chi connectivity index (χ1) is 8.24. The number of hydrogen-bond acceptors (Lipinski definition) is 2. The van der Waals surface area contributed by atoms with Gasteiger partial charge in [-0.1, -0.05) is 28.1 Å². The van der Waals surface area contributed by atoms with E-state index >= 15 is 0 Å². The van der Waals surface area contributed by atoms with E-state index in [0.717, 1.165) is 17.4 Å². The quantitative estimate of drug-likeness (QED) is 0.792. The van der Waals surface area contributed by atoms with Gasteiger partial charge >= 0.3 is 0 Å². The third-order valence-electron chi connectivity index (χ3n) is 3.96. The zero-order chi connectivity index (χ0) is 11.8. The molecule has 0 aliphatic carbocycles. The number of nitrogens with zero attached hydrogens (tertiary/aromatic N) is 1. The molecule has 0 bridgehead atoms. The number of carbonyl (C=O) groups is 1. The molecule has 0 radical (unpaired) electrons. The van der Waals surface area contributed by atoms with Crippen LogP contribution in [0.3, 0.4) is 0 Å². The Morgan fingerprint density at radius 2 is 1.94 bits per heavy atom. The minimum atomic E-state index is 0.317. The van der Waals surface area contributed by atoms with Crippen molar-refractivity contribution in [2.45, 2.75) is 37.8 Å². The summed E-state index contributed by atoms with van der Waals surface area (Å²) in [6.07, 6.45) is 3.90. The van der Waals surface area contributed by atoms with E-state index < -0.39 is 0 Å². The second-order valence-corrected chi connectivity index (χ2v) is 5.96. The molecule has 2 heterocycles. The predicted molar refractivity (Wildman–Crippen MR) is 70.9 cm³/mol. The maximum Gasteiger partial charge on any atom is 0.136 e. The van der Waals surface area contributed by atoms with Gasteiger partial charge in [-0.2, -0.15) is 0 Å². The summed E-state index contributed by atoms with van der Waals surface area (Å²) < 4.78 is 1.10. The summed E-state index contributed by atoms with van der Waals surface area (Å²) in [5, 5.41) is 0. The molecule has 2 nitrogen and oxygen atoms in total. The summed E-state index contributed by atoms with van der Waals surface area (Å²) in [5.74, 6) is 0.432. The molecule has 17 heavy (non-hydrogen) atoms. The summed E-state index contributed by atoms with van der Waals surface area (Å²) in [6, 6.07) is 9.24. The molecule has 2 aliphatic heterocycles. The van der Waals surface area contributed by atoms with Crippen LogP contribution in [0.15, 0.2) is 28.7 Å². The van der Waals surface area contributed by atoms with E-state index in [2.05, 4.69) is 45.1 Å². The number of carbonyl (C=O) groups excluding carboxylic acids is 1. The third kappa shape index (κ3) is 2.18. The van der Waals surface area contributed by atoms with Crippen LogP contribution in [0.5, 0.6) is 0 Å². The van der Waals surface area contributed by atoms with E-state index in [9.17, 15) is 4.79 Å². The van der Waals surface area contributed by atoms with Gasteiger partial charge < -0.3 is 0 Å². The van der Waals surface area contributed by atoms with Gasteiger partial charge in [-0.05, 0) is 37.1 Å². The molecule has 2 atom stereocenters. The van der Waals surface area contributed by atoms with Crippen LogP contribution in [0, 0.1) is 0 Å². The number of ketones is 1. The van der Waals surface area contributed by atoms with Crippen LogP contribution in [0.1, 0.15) is 37.3 Å². The Labute approximate surface area is 110 Å². The summed E-state index contributed by atoms with van der Waals surface area (Å²) in [7, 11) is 0. The van der Waals surface area contributed by atoms with Gasteiger partial charge in [0.05, 0.1) is 0 Å². The maximum atomic E-state index is 11.8. The van der Waals surface area contributed by atoms with Gasteiger partial charge in [0.2, 0.25) is 0 Å². The number of piperidine rings is 1. The van der Waals surface area contributed by atoms with Crippen LogP contribution in [0.2, 0.25) is 0 Å². The molecule has 0 spiro atoms. The largest absolute Gasteiger partial charge is 0.300 e. The Bertz CT molecular complexity index is 428. The standard InChI is InChI=1S/C14H16BrNO/c15-11-5-3-10(4-6-11)14-9-13(17)8-12-2-1-7-16(12)14/h3-6,12,14H,1-2,7-9H2. The van der Waals surface area contributed by atoms with Crippen molar-refractivity contribution in [1.82, 2.24) is 4.90 Å². The summed E-state index contributed by atoms with van der Waals surface area (Å²) in [6.45, 7) is 1.15. The molecule has 3 heteroatoms. The van der Waals surface area contributed by atoms with Crippen molar-refractivity contribution in [3.63, 3.8) is 0 Å². The third-order valence-corrected chi connectivity index (χ3v) is 4.49. The SMILES string of the molecule is O=C1CC2CCCN2C(c2ccc(Br)cc2)C1. The van der Waals surface area contributed by atoms with Gasteiger partial charge in [0.25, 0.3) is 0 Å². The predicted octanol–water partition coefficient (Wildman–Crippen LogP) is 3.32. The fourth-order valence-corrected chi connectivity index (χ4v) is 3.43. The smallest absolute Gasteiger partial charge is 0.136 e. The van der Waals surface area contributed by atoms with Crippen LogP contribution in [0.25, 0.3) is 0 Å². The zero-order valence-corrected chi connectivity index (χ0v) is 11.3. The minimum Gasteiger partial charge on any atom is -0.300 e. The van der Waals surface area contributed by atoms with E-state index in [1.54, 1.807) is 0 Å². The maximum absolute atomic E-state index is 11.8. The molecule has 2 fully saturated rings. The molecule has 3 rings (SSSR count). The van der Waals surface area contributed by atoms with Crippen LogP contribution < -0.4 is 0 Å². The highest BCUT2D eigenvalue weighted by Crippen LogP contribution is 2.38. The Kier molecular flexibility index (Phi) is 3.05. The van der Waals surface area contributed by atoms with E-state index in [1.807, 2.05) is 0 Å². The zero-order valence-electron chi connectivity index (χ0n) is 9.73. The Morgan fingerprint density at radius 1 is 1.18 bits per heavy atom. The lowest BCUT2D eigenvalue weighted by atomic mass is 9.91. The summed E-state index contributed by atoms with van der Waals surface area (Å²) >= 11 is 3.46. The van der Waals surface area contributed by atoms with Crippen molar-refractivity contribution in [2.24, 2.45) is 0 Å². The lowest BCUT2D eigenvalue weighted by molar-refractivity contribution is -0.124. The van der Waals surface area contributed by atoms with Crippen LogP contribution in [-0.4, -0.2) is 23.3 Å². The monoisotopic (exact) mass is 293 g/mol. The van der Waals surface area contributed by atoms with Gasteiger partial charge in [0.1, 0.15) is 5.78 Å². The van der Waals surface area contributed by atoms with Gasteiger partial charge in [0, 0.05) is 29.4 Å². The molecule has 1 aromatic carbocycles. The molecule has 90 valence electrons. The van der Waals surface area contributed by atoms with Gasteiger partial charge in [0.15, 0.2) is 0 Å². The van der Waals surface area contributed by atoms with Crippen LogP contribution in [-0.2, 0) is 4.79 Å². The van der Waals surface area contributed by atoms with E-state index in [1.165, 1.54) is 18.4 Å². The fourth-order valence-electron chi connectivity index (χ4n) is 3.16. The molecule has 0 aromatic heterocycles. The normalized spacial score (nSPS) is 29.4. The van der Waals surface area contributed by atoms with Crippen LogP contribution >= 0.6 is 15.9 Å². The lowest BCUT2D eigenvalue weighted by Gasteiger charge is -2.37. The first kappa shape index (κ1) is 11.4. The van der Waals surface area contributed by atoms with Gasteiger partial charge in [-0.15, -0.1) is 0 Å². The highest BCUT2D eigenvalue weighted by molar-refractivity contribution is 9.10. The number of fused-ring (bicyclic) bond motifs is 1. The molecule has 2 saturated heterocycles. The molecular weight excluding hydrogens is 278 g/mol. The van der Waals surface area contributed by atoms with E-state index in [-0.39, 0.29) is 0 Å². The van der Waals surface area contributed by atoms with Gasteiger partial charge in [-0.25, -0.2) is 0 Å². The number of hydrogen-bond donors (Lipinski definition) is 0. The highest BCUT2D eigenvalue weighted by atomic mass is 79.9. The average molecular weight is 294 g/mol. The number of halogens is 1. The van der Waals surface area contributed by atoms with Crippen molar-refractivity contribution < 1.29 is 4.79 Å². The molecule has 2 unspecified atom stereocenters. The second-order valence-electron chi connectivity index (χ2n) is 5.05. The van der Waals surface area contributed by atoms with Crippen molar-refractivity contribution in [2.75, 3.05) is 6.54 Å². The Hall–Kier alpha value is -0.670. The van der Waals surface area contributed by atoms with Crippen molar-refractivity contribution in [3.8, 4) is 0 Å². The minimum absolute atomic E-state index is 0.317. The first-order valence-electron chi connectivity index (χ1n) is 6.27. The van der Waals surface area contributed by atoms with Crippen LogP contribution in [0.4, 0.5) is 0 Å². The molecule has 0 saturated carbocycles. The highest BCUT2D eigenvalue weighted by Gasteiger charge is 2.37. The number of rotatable bonds is 1. The second kappa shape index (κ2) is 4.54. The van der Waals surface area contributed by atoms with Crippen molar-refractivity contribution >= 4 is 21.7 Å². The average Bonchev–Trinajstić information content (AvgIpc) is 2.77. The molecule has 0 amide bonds. The molecule has 2 aliphatic rings. The number of benzene rings is 1. The van der Waals surface area contributed by atoms with E-state index in [4.69, 9.17) is 0 Å². The number of Topliss-reactive ketones (excluding diaryl/α,β-unsaturated/α-hetero) is 1. The Balaban J connectivity index is 1.89. The summed E-state index contributed by atoms with van der Waals surface area (Å²) in [5.41, 5.74) is 1.29. The first-order valence-corrected chi connectivity index (χ1v) is 7.06. The molecule has 1 aromatic rings. The summed E-state index contributed by atoms with van der Waals surface area (Å²) in [4.78, 5) is 14.4. The van der Waals surface area contributed by atoms with Crippen molar-refractivity contribution in [3.05, 3.63) is 34.3 Å². The fraction of sp³-hybridized carbons (Fsp3) is 0.500. The van der Waals surface area contributed by atoms with Crippen molar-refractivity contribution in [1.29, 1.82) is 0 Å².